The van der Waals surface area contributed by atoms with Crippen molar-refractivity contribution in [2.45, 2.75) is 31.4 Å². The summed E-state index contributed by atoms with van der Waals surface area (Å²) in [4.78, 5) is 12.1. The predicted octanol–water partition coefficient (Wildman–Crippen LogP) is 3.53. The molecular weight excluding hydrogens is 396 g/mol. The molecule has 0 unspecified atom stereocenters. The molecule has 0 fully saturated rings. The monoisotopic (exact) mass is 420 g/mol. The van der Waals surface area contributed by atoms with Crippen molar-refractivity contribution in [2.75, 3.05) is 12.4 Å². The van der Waals surface area contributed by atoms with E-state index in [0.29, 0.717) is 17.0 Å². The normalized spacial score (nSPS) is 11.6. The van der Waals surface area contributed by atoms with E-state index in [2.05, 4.69) is 10.6 Å². The molecule has 0 saturated carbocycles. The van der Waals surface area contributed by atoms with Crippen molar-refractivity contribution in [1.82, 2.24) is 5.32 Å². The lowest BCUT2D eigenvalue weighted by atomic mass is 9.96. The minimum atomic E-state index is -3.49. The lowest BCUT2D eigenvalue weighted by molar-refractivity contribution is -0.126. The third-order valence-corrected chi connectivity index (χ3v) is 5.80. The molecule has 2 rings (SSSR count). The number of ether oxygens (including phenoxy) is 1. The van der Waals surface area contributed by atoms with Gasteiger partial charge in [-0.05, 0) is 54.2 Å². The third kappa shape index (κ3) is 6.03. The number of methoxy groups -OCH3 is 1. The highest BCUT2D eigenvalue weighted by Crippen LogP contribution is 2.20. The molecule has 0 aromatic heterocycles. The minimum Gasteiger partial charge on any atom is -0.497 e. The quantitative estimate of drug-likeness (QED) is 0.720. The molecule has 1 amide bonds. The molecule has 0 radical (unpaired) electrons. The van der Waals surface area contributed by atoms with Crippen LogP contribution in [0.1, 0.15) is 26.3 Å². The first-order chi connectivity index (χ1) is 13.0. The number of sulfone groups is 1. The van der Waals surface area contributed by atoms with Crippen molar-refractivity contribution in [1.29, 1.82) is 0 Å². The van der Waals surface area contributed by atoms with E-state index in [0.717, 1.165) is 0 Å². The maximum Gasteiger partial charge on any atom is 0.231 e. The molecule has 150 valence electrons. The smallest absolute Gasteiger partial charge is 0.231 e. The van der Waals surface area contributed by atoms with Crippen LogP contribution in [0.5, 0.6) is 5.75 Å². The first-order valence-electron chi connectivity index (χ1n) is 8.59. The number of nitrogens with one attached hydrogen (secondary N) is 2. The van der Waals surface area contributed by atoms with Gasteiger partial charge in [0.15, 0.2) is 14.9 Å². The van der Waals surface area contributed by atoms with Crippen LogP contribution in [0.4, 0.5) is 5.69 Å². The molecular formula is C20H24N2O4S2. The summed E-state index contributed by atoms with van der Waals surface area (Å²) in [7, 11) is -1.93. The van der Waals surface area contributed by atoms with Crippen LogP contribution < -0.4 is 15.4 Å². The van der Waals surface area contributed by atoms with Gasteiger partial charge < -0.3 is 15.4 Å². The lowest BCUT2D eigenvalue weighted by Gasteiger charge is -2.18. The zero-order valence-electron chi connectivity index (χ0n) is 16.3. The highest BCUT2D eigenvalue weighted by atomic mass is 32.2. The van der Waals surface area contributed by atoms with Crippen molar-refractivity contribution in [2.24, 2.45) is 5.41 Å². The van der Waals surface area contributed by atoms with Gasteiger partial charge in [0.1, 0.15) is 5.75 Å². The SMILES string of the molecule is COc1ccc(CS(=O)(=O)c2ccc(NC(=S)NC(=O)C(C)(C)C)cc2)cc1. The van der Waals surface area contributed by atoms with Gasteiger partial charge in [0.2, 0.25) is 5.91 Å². The van der Waals surface area contributed by atoms with Crippen LogP contribution in [-0.2, 0) is 20.4 Å². The molecule has 6 nitrogen and oxygen atoms in total. The van der Waals surface area contributed by atoms with Gasteiger partial charge in [-0.25, -0.2) is 8.42 Å². The van der Waals surface area contributed by atoms with E-state index in [1.165, 1.54) is 12.1 Å². The summed E-state index contributed by atoms with van der Waals surface area (Å²) < 4.78 is 30.3. The minimum absolute atomic E-state index is 0.107. The highest BCUT2D eigenvalue weighted by Gasteiger charge is 2.22. The maximum atomic E-state index is 12.6. The molecule has 2 N–H and O–H groups in total. The Balaban J connectivity index is 2.04. The Kier molecular flexibility index (Phi) is 6.79. The fourth-order valence-electron chi connectivity index (χ4n) is 2.22. The van der Waals surface area contributed by atoms with Gasteiger partial charge in [-0.3, -0.25) is 4.79 Å². The molecule has 0 aliphatic heterocycles. The van der Waals surface area contributed by atoms with Crippen molar-refractivity contribution in [3.63, 3.8) is 0 Å². The van der Waals surface area contributed by atoms with Crippen LogP contribution in [0.15, 0.2) is 53.4 Å². The van der Waals surface area contributed by atoms with Crippen molar-refractivity contribution >= 4 is 38.8 Å². The van der Waals surface area contributed by atoms with E-state index < -0.39 is 15.3 Å². The molecule has 0 aliphatic rings. The van der Waals surface area contributed by atoms with Crippen molar-refractivity contribution in [3.05, 3.63) is 54.1 Å². The second-order valence-electron chi connectivity index (χ2n) is 7.29. The average molecular weight is 421 g/mol. The number of hydrogen-bond acceptors (Lipinski definition) is 5. The summed E-state index contributed by atoms with van der Waals surface area (Å²) in [5.41, 5.74) is 0.696. The van der Waals surface area contributed by atoms with Crippen LogP contribution >= 0.6 is 12.2 Å². The Bertz CT molecular complexity index is 945. The van der Waals surface area contributed by atoms with E-state index in [9.17, 15) is 13.2 Å². The van der Waals surface area contributed by atoms with Gasteiger partial charge in [0.05, 0.1) is 17.8 Å². The molecule has 0 saturated heterocycles. The number of anilines is 1. The molecule has 28 heavy (non-hydrogen) atoms. The Morgan fingerprint density at radius 2 is 1.61 bits per heavy atom. The fourth-order valence-corrected chi connectivity index (χ4v) is 3.78. The van der Waals surface area contributed by atoms with Crippen molar-refractivity contribution in [3.8, 4) is 5.75 Å². The largest absolute Gasteiger partial charge is 0.497 e. The number of carbonyl (C=O) groups excluding carboxylic acids is 1. The first kappa shape index (κ1) is 21.8. The summed E-state index contributed by atoms with van der Waals surface area (Å²) in [6, 6.07) is 13.1. The molecule has 0 bridgehead atoms. The topological polar surface area (TPSA) is 84.5 Å². The maximum absolute atomic E-state index is 12.6. The lowest BCUT2D eigenvalue weighted by Crippen LogP contribution is -2.41. The van der Waals surface area contributed by atoms with E-state index >= 15 is 0 Å². The summed E-state index contributed by atoms with van der Waals surface area (Å²) in [6.45, 7) is 5.36. The molecule has 0 aliphatic carbocycles. The van der Waals surface area contributed by atoms with E-state index in [-0.39, 0.29) is 21.7 Å². The van der Waals surface area contributed by atoms with Gasteiger partial charge in [0, 0.05) is 11.1 Å². The van der Waals surface area contributed by atoms with Crippen LogP contribution in [0.3, 0.4) is 0 Å². The average Bonchev–Trinajstić information content (AvgIpc) is 2.61. The Morgan fingerprint density at radius 1 is 1.04 bits per heavy atom. The fraction of sp³-hybridized carbons (Fsp3) is 0.300. The van der Waals surface area contributed by atoms with Gasteiger partial charge in [-0.1, -0.05) is 32.9 Å². The van der Waals surface area contributed by atoms with E-state index in [4.69, 9.17) is 17.0 Å². The molecule has 2 aromatic carbocycles. The summed E-state index contributed by atoms with van der Waals surface area (Å²) in [5, 5.41) is 5.65. The third-order valence-electron chi connectivity index (χ3n) is 3.90. The first-order valence-corrected chi connectivity index (χ1v) is 10.7. The summed E-state index contributed by atoms with van der Waals surface area (Å²) >= 11 is 5.12. The zero-order valence-corrected chi connectivity index (χ0v) is 17.9. The molecule has 0 spiro atoms. The van der Waals surface area contributed by atoms with Gasteiger partial charge in [0.25, 0.3) is 0 Å². The van der Waals surface area contributed by atoms with Crippen LogP contribution in [-0.4, -0.2) is 26.5 Å². The van der Waals surface area contributed by atoms with Crippen LogP contribution in [0, 0.1) is 5.41 Å². The second-order valence-corrected chi connectivity index (χ2v) is 9.69. The van der Waals surface area contributed by atoms with Crippen LogP contribution in [0.2, 0.25) is 0 Å². The molecule has 0 atom stereocenters. The number of thiocarbonyl (C=S) groups is 1. The van der Waals surface area contributed by atoms with E-state index in [1.807, 2.05) is 0 Å². The zero-order chi connectivity index (χ0) is 20.9. The molecule has 0 heterocycles. The Labute approximate surface area is 171 Å². The van der Waals surface area contributed by atoms with Gasteiger partial charge in [-0.2, -0.15) is 0 Å². The molecule has 2 aromatic rings. The standard InChI is InChI=1S/C20H24N2O4S2/c1-20(2,3)18(23)22-19(27)21-15-7-11-17(12-8-15)28(24,25)13-14-5-9-16(26-4)10-6-14/h5-12H,13H2,1-4H3,(H2,21,22,23,27). The Morgan fingerprint density at radius 3 is 2.11 bits per heavy atom. The summed E-state index contributed by atoms with van der Waals surface area (Å²) in [5.74, 6) is 0.360. The molecule has 8 heteroatoms. The number of rotatable bonds is 5. The van der Waals surface area contributed by atoms with Crippen LogP contribution in [0.25, 0.3) is 0 Å². The second kappa shape index (κ2) is 8.70. The number of carbonyl (C=O) groups is 1. The predicted molar refractivity (Wildman–Crippen MR) is 114 cm³/mol. The van der Waals surface area contributed by atoms with Gasteiger partial charge in [-0.15, -0.1) is 0 Å². The number of benzene rings is 2. The summed E-state index contributed by atoms with van der Waals surface area (Å²) in [6.07, 6.45) is 0. The number of hydrogen-bond donors (Lipinski definition) is 2. The Hall–Kier alpha value is -2.45. The number of amides is 1. The van der Waals surface area contributed by atoms with Crippen molar-refractivity contribution < 1.29 is 17.9 Å². The van der Waals surface area contributed by atoms with E-state index in [1.54, 1.807) is 64.3 Å². The highest BCUT2D eigenvalue weighted by molar-refractivity contribution is 7.90. The van der Waals surface area contributed by atoms with Gasteiger partial charge >= 0.3 is 0 Å².